The molecule has 0 saturated carbocycles. The molecule has 0 aliphatic carbocycles. The highest BCUT2D eigenvalue weighted by Crippen LogP contribution is 2.40. The Morgan fingerprint density at radius 2 is 2.00 bits per heavy atom. The molecular formula is C21H24ClNO4. The number of piperidine rings is 1. The Labute approximate surface area is 164 Å². The molecule has 0 bridgehead atoms. The zero-order chi connectivity index (χ0) is 19.4. The highest BCUT2D eigenvalue weighted by molar-refractivity contribution is 6.30. The zero-order valence-electron chi connectivity index (χ0n) is 15.5. The molecule has 1 N–H and O–H groups in total. The van der Waals surface area contributed by atoms with Crippen LogP contribution in [0.1, 0.15) is 36.4 Å². The summed E-state index contributed by atoms with van der Waals surface area (Å²) in [7, 11) is 3.21. The number of hydrogen-bond acceptors (Lipinski definition) is 4. The van der Waals surface area contributed by atoms with Gasteiger partial charge >= 0.3 is 5.97 Å². The third-order valence-electron chi connectivity index (χ3n) is 5.06. The fraction of sp³-hybridized carbons (Fsp3) is 0.381. The first-order valence-corrected chi connectivity index (χ1v) is 9.39. The molecule has 1 aliphatic rings. The van der Waals surface area contributed by atoms with Crippen molar-refractivity contribution in [3.8, 4) is 11.5 Å². The molecule has 27 heavy (non-hydrogen) atoms. The predicted molar refractivity (Wildman–Crippen MR) is 105 cm³/mol. The van der Waals surface area contributed by atoms with Gasteiger partial charge in [-0.15, -0.1) is 0 Å². The smallest absolute Gasteiger partial charge is 0.320 e. The van der Waals surface area contributed by atoms with Crippen molar-refractivity contribution < 1.29 is 19.4 Å². The van der Waals surface area contributed by atoms with Crippen LogP contribution in [-0.2, 0) is 4.79 Å². The van der Waals surface area contributed by atoms with E-state index in [1.54, 1.807) is 14.2 Å². The summed E-state index contributed by atoms with van der Waals surface area (Å²) in [4.78, 5) is 14.0. The van der Waals surface area contributed by atoms with Crippen LogP contribution in [0.15, 0.2) is 42.5 Å². The second kappa shape index (κ2) is 8.63. The molecule has 0 radical (unpaired) electrons. The van der Waals surface area contributed by atoms with Gasteiger partial charge < -0.3 is 14.6 Å². The number of ether oxygens (including phenoxy) is 2. The molecule has 6 heteroatoms. The molecular weight excluding hydrogens is 366 g/mol. The van der Waals surface area contributed by atoms with Crippen LogP contribution in [-0.4, -0.2) is 42.8 Å². The van der Waals surface area contributed by atoms with Crippen LogP contribution >= 0.6 is 11.6 Å². The molecule has 0 spiro atoms. The van der Waals surface area contributed by atoms with Crippen LogP contribution in [0.3, 0.4) is 0 Å². The Bertz CT molecular complexity index is 811. The largest absolute Gasteiger partial charge is 0.497 e. The number of methoxy groups -OCH3 is 2. The van der Waals surface area contributed by atoms with E-state index < -0.39 is 12.0 Å². The van der Waals surface area contributed by atoms with Crippen molar-refractivity contribution in [2.24, 2.45) is 0 Å². The maximum absolute atomic E-state index is 11.9. The van der Waals surface area contributed by atoms with Crippen LogP contribution in [0.4, 0.5) is 0 Å². The molecule has 0 aromatic heterocycles. The topological polar surface area (TPSA) is 59.0 Å². The number of nitrogens with zero attached hydrogens (tertiary/aromatic N) is 1. The normalized spacial score (nSPS) is 18.7. The van der Waals surface area contributed by atoms with Crippen molar-refractivity contribution in [3.63, 3.8) is 0 Å². The molecule has 3 rings (SSSR count). The monoisotopic (exact) mass is 389 g/mol. The van der Waals surface area contributed by atoms with Gasteiger partial charge in [0, 0.05) is 16.7 Å². The van der Waals surface area contributed by atoms with E-state index in [0.717, 1.165) is 24.0 Å². The van der Waals surface area contributed by atoms with Crippen molar-refractivity contribution in [1.29, 1.82) is 0 Å². The summed E-state index contributed by atoms with van der Waals surface area (Å²) in [6, 6.07) is 12.4. The lowest BCUT2D eigenvalue weighted by molar-refractivity contribution is -0.145. The first kappa shape index (κ1) is 19.5. The zero-order valence-corrected chi connectivity index (χ0v) is 16.3. The molecule has 0 amide bonds. The van der Waals surface area contributed by atoms with E-state index in [9.17, 15) is 9.90 Å². The molecule has 1 aliphatic heterocycles. The van der Waals surface area contributed by atoms with Crippen LogP contribution in [0, 0.1) is 0 Å². The standard InChI is InChI=1S/C21H24ClNO4/c1-26-16-9-10-17(19(13-16)27-2)20(14-6-5-7-15(22)12-14)23-11-4-3-8-18(23)21(24)25/h5-7,9-10,12-13,18,20H,3-4,8,11H2,1-2H3,(H,24,25). The minimum Gasteiger partial charge on any atom is -0.497 e. The minimum atomic E-state index is -0.797. The van der Waals surface area contributed by atoms with Gasteiger partial charge in [0.15, 0.2) is 0 Å². The van der Waals surface area contributed by atoms with Gasteiger partial charge in [-0.25, -0.2) is 0 Å². The lowest BCUT2D eigenvalue weighted by atomic mass is 9.91. The number of aliphatic carboxylic acids is 1. The van der Waals surface area contributed by atoms with Crippen LogP contribution in [0.2, 0.25) is 5.02 Å². The van der Waals surface area contributed by atoms with Gasteiger partial charge in [0.1, 0.15) is 17.5 Å². The summed E-state index contributed by atoms with van der Waals surface area (Å²) >= 11 is 6.25. The van der Waals surface area contributed by atoms with Gasteiger partial charge in [-0.1, -0.05) is 30.2 Å². The van der Waals surface area contributed by atoms with E-state index in [1.165, 1.54) is 0 Å². The molecule has 1 saturated heterocycles. The number of hydrogen-bond donors (Lipinski definition) is 1. The first-order valence-electron chi connectivity index (χ1n) is 9.01. The number of halogens is 1. The molecule has 2 aromatic rings. The highest BCUT2D eigenvalue weighted by atomic mass is 35.5. The summed E-state index contributed by atoms with van der Waals surface area (Å²) in [5.41, 5.74) is 1.84. The number of rotatable bonds is 6. The number of carbonyl (C=O) groups is 1. The van der Waals surface area contributed by atoms with E-state index in [-0.39, 0.29) is 6.04 Å². The summed E-state index contributed by atoms with van der Waals surface area (Å²) < 4.78 is 10.9. The maximum Gasteiger partial charge on any atom is 0.320 e. The average Bonchev–Trinajstić information content (AvgIpc) is 2.68. The summed E-state index contributed by atoms with van der Waals surface area (Å²) in [5.74, 6) is 0.553. The van der Waals surface area contributed by atoms with Gasteiger partial charge in [-0.05, 0) is 49.2 Å². The molecule has 2 unspecified atom stereocenters. The molecule has 2 aromatic carbocycles. The summed E-state index contributed by atoms with van der Waals surface area (Å²) in [6.07, 6.45) is 2.50. The van der Waals surface area contributed by atoms with Gasteiger partial charge in [-0.3, -0.25) is 9.69 Å². The van der Waals surface area contributed by atoms with Gasteiger partial charge in [0.25, 0.3) is 0 Å². The first-order chi connectivity index (χ1) is 13.0. The third-order valence-corrected chi connectivity index (χ3v) is 5.30. The quantitative estimate of drug-likeness (QED) is 0.794. The van der Waals surface area contributed by atoms with Gasteiger partial charge in [0.2, 0.25) is 0 Å². The second-order valence-corrected chi connectivity index (χ2v) is 7.09. The van der Waals surface area contributed by atoms with E-state index in [0.29, 0.717) is 29.5 Å². The van der Waals surface area contributed by atoms with E-state index in [4.69, 9.17) is 21.1 Å². The fourth-order valence-electron chi connectivity index (χ4n) is 3.80. The van der Waals surface area contributed by atoms with Crippen molar-refractivity contribution in [3.05, 3.63) is 58.6 Å². The Balaban J connectivity index is 2.15. The maximum atomic E-state index is 11.9. The van der Waals surface area contributed by atoms with Crippen molar-refractivity contribution in [1.82, 2.24) is 4.90 Å². The number of carboxylic acids is 1. The van der Waals surface area contributed by atoms with Crippen molar-refractivity contribution in [2.75, 3.05) is 20.8 Å². The minimum absolute atomic E-state index is 0.272. The molecule has 1 fully saturated rings. The molecule has 144 valence electrons. The molecule has 5 nitrogen and oxygen atoms in total. The van der Waals surface area contributed by atoms with Crippen LogP contribution in [0.25, 0.3) is 0 Å². The van der Waals surface area contributed by atoms with Gasteiger partial charge in [-0.2, -0.15) is 0 Å². The summed E-state index contributed by atoms with van der Waals surface area (Å²) in [5, 5.41) is 10.4. The Morgan fingerprint density at radius 3 is 2.67 bits per heavy atom. The number of likely N-dealkylation sites (tertiary alicyclic amines) is 1. The number of carboxylic acid groups (broad SMARTS) is 1. The highest BCUT2D eigenvalue weighted by Gasteiger charge is 2.36. The van der Waals surface area contributed by atoms with Crippen LogP contribution in [0.5, 0.6) is 11.5 Å². The lowest BCUT2D eigenvalue weighted by Crippen LogP contribution is -2.46. The summed E-state index contributed by atoms with van der Waals surface area (Å²) in [6.45, 7) is 0.698. The molecule has 1 heterocycles. The second-order valence-electron chi connectivity index (χ2n) is 6.65. The third kappa shape index (κ3) is 4.20. The van der Waals surface area contributed by atoms with E-state index >= 15 is 0 Å². The lowest BCUT2D eigenvalue weighted by Gasteiger charge is -2.40. The number of benzene rings is 2. The van der Waals surface area contributed by atoms with Crippen molar-refractivity contribution >= 4 is 17.6 Å². The van der Waals surface area contributed by atoms with Gasteiger partial charge in [0.05, 0.1) is 20.3 Å². The average molecular weight is 390 g/mol. The van der Waals surface area contributed by atoms with Crippen LogP contribution < -0.4 is 9.47 Å². The Kier molecular flexibility index (Phi) is 6.24. The fourth-order valence-corrected chi connectivity index (χ4v) is 4.00. The van der Waals surface area contributed by atoms with E-state index in [1.807, 2.05) is 47.4 Å². The molecule has 2 atom stereocenters. The Morgan fingerprint density at radius 1 is 1.19 bits per heavy atom. The predicted octanol–water partition coefficient (Wildman–Crippen LogP) is 4.39. The SMILES string of the molecule is COc1ccc(C(c2cccc(Cl)c2)N2CCCCC2C(=O)O)c(OC)c1. The van der Waals surface area contributed by atoms with Crippen molar-refractivity contribution in [2.45, 2.75) is 31.3 Å². The van der Waals surface area contributed by atoms with E-state index in [2.05, 4.69) is 0 Å². The Hall–Kier alpha value is -2.24.